The number of rotatable bonds is 6. The maximum Gasteiger partial charge on any atom is 0.253 e. The molecule has 0 saturated carbocycles. The van der Waals surface area contributed by atoms with Crippen LogP contribution in [0, 0.1) is 0 Å². The van der Waals surface area contributed by atoms with Gasteiger partial charge in [-0.15, -0.1) is 0 Å². The summed E-state index contributed by atoms with van der Waals surface area (Å²) in [5.41, 5.74) is 1.56. The Balaban J connectivity index is 1.55. The van der Waals surface area contributed by atoms with E-state index >= 15 is 0 Å². The number of carbonyl (C=O) groups is 2. The number of ether oxygens (including phenoxy) is 1. The summed E-state index contributed by atoms with van der Waals surface area (Å²) in [6.07, 6.45) is 0.899. The summed E-state index contributed by atoms with van der Waals surface area (Å²) < 4.78 is 5.67. The van der Waals surface area contributed by atoms with Crippen LogP contribution >= 0.6 is 0 Å². The van der Waals surface area contributed by atoms with Gasteiger partial charge < -0.3 is 15.0 Å². The molecule has 1 N–H and O–H groups in total. The van der Waals surface area contributed by atoms with Crippen LogP contribution in [-0.4, -0.2) is 42.5 Å². The minimum absolute atomic E-state index is 0.0526. The summed E-state index contributed by atoms with van der Waals surface area (Å²) >= 11 is 0. The molecule has 1 atom stereocenters. The molecule has 5 heteroatoms. The normalized spacial score (nSPS) is 16.0. The van der Waals surface area contributed by atoms with Crippen LogP contribution in [0.2, 0.25) is 0 Å². The molecule has 1 heterocycles. The van der Waals surface area contributed by atoms with Crippen LogP contribution in [0.15, 0.2) is 60.7 Å². The van der Waals surface area contributed by atoms with E-state index in [-0.39, 0.29) is 17.9 Å². The first-order chi connectivity index (χ1) is 13.2. The molecule has 5 nitrogen and oxygen atoms in total. The lowest BCUT2D eigenvalue weighted by molar-refractivity contribution is -0.134. The number of nitrogens with zero attached hydrogens (tertiary/aromatic N) is 1. The standard InChI is InChI=1S/C22H26N2O3/c1-2-27-20(17-9-5-3-6-10-17)21(25)23-19-13-15-24(16-14-19)22(26)18-11-7-4-8-12-18/h3-12,19-20H,2,13-16H2,1H3,(H,23,25). The molecule has 1 unspecified atom stereocenters. The van der Waals surface area contributed by atoms with Crippen molar-refractivity contribution in [1.29, 1.82) is 0 Å². The number of piperidine rings is 1. The molecule has 0 spiro atoms. The number of nitrogens with one attached hydrogen (secondary N) is 1. The van der Waals surface area contributed by atoms with Crippen molar-refractivity contribution in [3.8, 4) is 0 Å². The Kier molecular flexibility index (Phi) is 6.60. The van der Waals surface area contributed by atoms with Crippen molar-refractivity contribution in [1.82, 2.24) is 10.2 Å². The average Bonchev–Trinajstić information content (AvgIpc) is 2.73. The molecule has 2 aromatic rings. The second kappa shape index (κ2) is 9.33. The topological polar surface area (TPSA) is 58.6 Å². The van der Waals surface area contributed by atoms with E-state index in [1.54, 1.807) is 0 Å². The fourth-order valence-corrected chi connectivity index (χ4v) is 3.38. The second-order valence-electron chi connectivity index (χ2n) is 6.69. The van der Waals surface area contributed by atoms with Crippen LogP contribution in [0.25, 0.3) is 0 Å². The third-order valence-electron chi connectivity index (χ3n) is 4.82. The predicted molar refractivity (Wildman–Crippen MR) is 104 cm³/mol. The zero-order valence-corrected chi connectivity index (χ0v) is 15.6. The average molecular weight is 366 g/mol. The van der Waals surface area contributed by atoms with Crippen LogP contribution in [0.5, 0.6) is 0 Å². The van der Waals surface area contributed by atoms with Crippen LogP contribution in [0.1, 0.15) is 41.8 Å². The first-order valence-electron chi connectivity index (χ1n) is 9.50. The van der Waals surface area contributed by atoms with Gasteiger partial charge >= 0.3 is 0 Å². The van der Waals surface area contributed by atoms with E-state index < -0.39 is 6.10 Å². The molecular weight excluding hydrogens is 340 g/mol. The molecule has 142 valence electrons. The molecule has 0 radical (unpaired) electrons. The number of hydrogen-bond acceptors (Lipinski definition) is 3. The molecule has 0 bridgehead atoms. The van der Waals surface area contributed by atoms with E-state index in [9.17, 15) is 9.59 Å². The molecule has 3 rings (SSSR count). The van der Waals surface area contributed by atoms with Gasteiger partial charge in [0.15, 0.2) is 6.10 Å². The lowest BCUT2D eigenvalue weighted by Crippen LogP contribution is -2.47. The Morgan fingerprint density at radius 3 is 2.22 bits per heavy atom. The smallest absolute Gasteiger partial charge is 0.253 e. The molecule has 2 amide bonds. The highest BCUT2D eigenvalue weighted by Gasteiger charge is 2.27. The minimum Gasteiger partial charge on any atom is -0.364 e. The summed E-state index contributed by atoms with van der Waals surface area (Å²) in [4.78, 5) is 27.1. The monoisotopic (exact) mass is 366 g/mol. The lowest BCUT2D eigenvalue weighted by Gasteiger charge is -2.33. The highest BCUT2D eigenvalue weighted by Crippen LogP contribution is 2.19. The number of hydrogen-bond donors (Lipinski definition) is 1. The third kappa shape index (κ3) is 4.95. The number of carbonyl (C=O) groups excluding carboxylic acids is 2. The van der Waals surface area contributed by atoms with Crippen LogP contribution < -0.4 is 5.32 Å². The first kappa shape index (κ1) is 19.1. The number of likely N-dealkylation sites (tertiary alicyclic amines) is 1. The van der Waals surface area contributed by atoms with Crippen molar-refractivity contribution in [2.75, 3.05) is 19.7 Å². The van der Waals surface area contributed by atoms with Gasteiger partial charge in [0.05, 0.1) is 0 Å². The Hall–Kier alpha value is -2.66. The Morgan fingerprint density at radius 2 is 1.63 bits per heavy atom. The van der Waals surface area contributed by atoms with Gasteiger partial charge in [0.1, 0.15) is 0 Å². The van der Waals surface area contributed by atoms with Crippen LogP contribution in [0.3, 0.4) is 0 Å². The Morgan fingerprint density at radius 1 is 1.04 bits per heavy atom. The van der Waals surface area contributed by atoms with Crippen molar-refractivity contribution in [3.05, 3.63) is 71.8 Å². The minimum atomic E-state index is -0.597. The van der Waals surface area contributed by atoms with E-state index in [2.05, 4.69) is 5.32 Å². The quantitative estimate of drug-likeness (QED) is 0.854. The van der Waals surface area contributed by atoms with E-state index in [0.29, 0.717) is 25.3 Å². The van der Waals surface area contributed by atoms with E-state index in [1.165, 1.54) is 0 Å². The van der Waals surface area contributed by atoms with Gasteiger partial charge in [-0.05, 0) is 37.5 Å². The van der Waals surface area contributed by atoms with Gasteiger partial charge in [-0.3, -0.25) is 9.59 Å². The van der Waals surface area contributed by atoms with Crippen molar-refractivity contribution < 1.29 is 14.3 Å². The van der Waals surface area contributed by atoms with Crippen LogP contribution in [0.4, 0.5) is 0 Å². The third-order valence-corrected chi connectivity index (χ3v) is 4.82. The fraction of sp³-hybridized carbons (Fsp3) is 0.364. The predicted octanol–water partition coefficient (Wildman–Crippen LogP) is 3.19. The van der Waals surface area contributed by atoms with Gasteiger partial charge in [0.2, 0.25) is 0 Å². The molecular formula is C22H26N2O3. The molecule has 1 saturated heterocycles. The maximum atomic E-state index is 12.7. The van der Waals surface area contributed by atoms with E-state index in [0.717, 1.165) is 18.4 Å². The highest BCUT2D eigenvalue weighted by molar-refractivity contribution is 5.94. The summed E-state index contributed by atoms with van der Waals surface area (Å²) in [6, 6.07) is 18.9. The Bertz CT molecular complexity index is 741. The van der Waals surface area contributed by atoms with E-state index in [4.69, 9.17) is 4.74 Å². The van der Waals surface area contributed by atoms with Crippen molar-refractivity contribution in [2.24, 2.45) is 0 Å². The summed E-state index contributed by atoms with van der Waals surface area (Å²) in [5.74, 6) is -0.0623. The zero-order chi connectivity index (χ0) is 19.1. The van der Waals surface area contributed by atoms with Gasteiger partial charge in [-0.25, -0.2) is 0 Å². The van der Waals surface area contributed by atoms with Crippen molar-refractivity contribution in [3.63, 3.8) is 0 Å². The van der Waals surface area contributed by atoms with Gasteiger partial charge in [0.25, 0.3) is 11.8 Å². The van der Waals surface area contributed by atoms with E-state index in [1.807, 2.05) is 72.5 Å². The van der Waals surface area contributed by atoms with Gasteiger partial charge in [-0.2, -0.15) is 0 Å². The largest absolute Gasteiger partial charge is 0.364 e. The summed E-state index contributed by atoms with van der Waals surface area (Å²) in [7, 11) is 0. The molecule has 27 heavy (non-hydrogen) atoms. The Labute approximate surface area is 160 Å². The molecule has 0 aliphatic carbocycles. The van der Waals surface area contributed by atoms with Crippen molar-refractivity contribution in [2.45, 2.75) is 31.9 Å². The molecule has 2 aromatic carbocycles. The second-order valence-corrected chi connectivity index (χ2v) is 6.69. The molecule has 0 aromatic heterocycles. The summed E-state index contributed by atoms with van der Waals surface area (Å²) in [5, 5.41) is 3.10. The lowest BCUT2D eigenvalue weighted by atomic mass is 10.0. The first-order valence-corrected chi connectivity index (χ1v) is 9.50. The zero-order valence-electron chi connectivity index (χ0n) is 15.6. The SMILES string of the molecule is CCOC(C(=O)NC1CCN(C(=O)c2ccccc2)CC1)c1ccccc1. The van der Waals surface area contributed by atoms with Crippen LogP contribution in [-0.2, 0) is 9.53 Å². The number of amides is 2. The fourth-order valence-electron chi connectivity index (χ4n) is 3.38. The molecule has 1 aliphatic rings. The summed E-state index contributed by atoms with van der Waals surface area (Å²) in [6.45, 7) is 3.64. The highest BCUT2D eigenvalue weighted by atomic mass is 16.5. The molecule has 1 fully saturated rings. The van der Waals surface area contributed by atoms with Crippen molar-refractivity contribution >= 4 is 11.8 Å². The number of benzene rings is 2. The molecule has 1 aliphatic heterocycles. The van der Waals surface area contributed by atoms with Gasteiger partial charge in [-0.1, -0.05) is 48.5 Å². The van der Waals surface area contributed by atoms with Gasteiger partial charge in [0, 0.05) is 31.3 Å². The maximum absolute atomic E-state index is 12.7.